The van der Waals surface area contributed by atoms with E-state index in [2.05, 4.69) is 15.0 Å². The third-order valence-corrected chi connectivity index (χ3v) is 4.36. The van der Waals surface area contributed by atoms with Crippen molar-refractivity contribution in [2.24, 2.45) is 0 Å². The highest BCUT2D eigenvalue weighted by Gasteiger charge is 2.12. The Hall–Kier alpha value is -2.94. The maximum atomic E-state index is 11.8. The summed E-state index contributed by atoms with van der Waals surface area (Å²) in [6.07, 6.45) is 0.0215. The van der Waals surface area contributed by atoms with Crippen LogP contribution in [-0.4, -0.2) is 43.2 Å². The first kappa shape index (κ1) is 20.4. The molecule has 1 amide bonds. The van der Waals surface area contributed by atoms with Crippen molar-refractivity contribution in [3.8, 4) is 5.75 Å². The second kappa shape index (κ2) is 9.67. The largest absolute Gasteiger partial charge is 0.482 e. The Balaban J connectivity index is 1.72. The number of methoxy groups -OCH3 is 1. The Morgan fingerprint density at radius 1 is 1.11 bits per heavy atom. The molecule has 2 rings (SSSR count). The number of anilines is 1. The Morgan fingerprint density at radius 2 is 1.89 bits per heavy atom. The smallest absolute Gasteiger partial charge is 0.344 e. The molecule has 1 heterocycles. The first-order valence-electron chi connectivity index (χ1n) is 8.04. The second-order valence-electron chi connectivity index (χ2n) is 5.64. The number of carbonyl (C=O) groups excluding carboxylic acids is 3. The summed E-state index contributed by atoms with van der Waals surface area (Å²) in [4.78, 5) is 38.8. The molecule has 1 aromatic heterocycles. The van der Waals surface area contributed by atoms with Crippen molar-refractivity contribution >= 4 is 34.3 Å². The first-order valence-corrected chi connectivity index (χ1v) is 8.92. The highest BCUT2D eigenvalue weighted by molar-refractivity contribution is 7.13. The zero-order valence-electron chi connectivity index (χ0n) is 15.2. The van der Waals surface area contributed by atoms with Gasteiger partial charge >= 0.3 is 11.9 Å². The third kappa shape index (κ3) is 6.70. The molecule has 8 nitrogen and oxygen atoms in total. The monoisotopic (exact) mass is 392 g/mol. The number of carbonyl (C=O) groups is 3. The highest BCUT2D eigenvalue weighted by atomic mass is 32.1. The summed E-state index contributed by atoms with van der Waals surface area (Å²) < 4.78 is 14.8. The average Bonchev–Trinajstić information content (AvgIpc) is 3.07. The van der Waals surface area contributed by atoms with Crippen LogP contribution in [0.25, 0.3) is 0 Å². The van der Waals surface area contributed by atoms with Gasteiger partial charge in [0.1, 0.15) is 5.75 Å². The van der Waals surface area contributed by atoms with Crippen LogP contribution in [0.5, 0.6) is 5.75 Å². The van der Waals surface area contributed by atoms with Crippen LogP contribution in [0.1, 0.15) is 16.8 Å². The van der Waals surface area contributed by atoms with Gasteiger partial charge in [0.2, 0.25) is 0 Å². The maximum absolute atomic E-state index is 11.8. The molecular formula is C18H20N2O6S. The van der Waals surface area contributed by atoms with Crippen molar-refractivity contribution in [2.45, 2.75) is 20.3 Å². The zero-order valence-corrected chi connectivity index (χ0v) is 16.1. The molecule has 0 aliphatic heterocycles. The van der Waals surface area contributed by atoms with Crippen LogP contribution >= 0.6 is 11.3 Å². The number of ether oxygens (including phenoxy) is 3. The van der Waals surface area contributed by atoms with E-state index in [0.717, 1.165) is 22.5 Å². The van der Waals surface area contributed by atoms with Crippen LogP contribution < -0.4 is 10.1 Å². The summed E-state index contributed by atoms with van der Waals surface area (Å²) in [5, 5.41) is 4.44. The van der Waals surface area contributed by atoms with E-state index in [9.17, 15) is 14.4 Å². The average molecular weight is 392 g/mol. The van der Waals surface area contributed by atoms with E-state index >= 15 is 0 Å². The van der Waals surface area contributed by atoms with Crippen molar-refractivity contribution in [2.75, 3.05) is 25.6 Å². The van der Waals surface area contributed by atoms with Gasteiger partial charge in [0.25, 0.3) is 5.91 Å². The van der Waals surface area contributed by atoms with E-state index in [4.69, 9.17) is 9.47 Å². The van der Waals surface area contributed by atoms with Gasteiger partial charge in [-0.3, -0.25) is 14.9 Å². The number of aromatic nitrogens is 1. The summed E-state index contributed by atoms with van der Waals surface area (Å²) in [5.41, 5.74) is 2.66. The second-order valence-corrected chi connectivity index (χ2v) is 6.50. The van der Waals surface area contributed by atoms with Crippen LogP contribution in [-0.2, 0) is 30.3 Å². The molecule has 0 bridgehead atoms. The number of rotatable bonds is 8. The van der Waals surface area contributed by atoms with Crippen molar-refractivity contribution < 1.29 is 28.6 Å². The van der Waals surface area contributed by atoms with Gasteiger partial charge in [-0.25, -0.2) is 9.78 Å². The molecule has 0 atom stereocenters. The maximum Gasteiger partial charge on any atom is 0.344 e. The molecule has 0 aliphatic rings. The quantitative estimate of drug-likeness (QED) is 0.686. The normalized spacial score (nSPS) is 10.2. The topological polar surface area (TPSA) is 104 Å². The minimum Gasteiger partial charge on any atom is -0.482 e. The van der Waals surface area contributed by atoms with Gasteiger partial charge in [-0.15, -0.1) is 11.3 Å². The fraction of sp³-hybridized carbons (Fsp3) is 0.333. The summed E-state index contributed by atoms with van der Waals surface area (Å²) >= 11 is 1.16. The molecule has 0 saturated heterocycles. The van der Waals surface area contributed by atoms with Gasteiger partial charge in [0.15, 0.2) is 18.3 Å². The summed E-state index contributed by atoms with van der Waals surface area (Å²) in [6, 6.07) is 5.48. The van der Waals surface area contributed by atoms with Crippen LogP contribution in [0, 0.1) is 13.8 Å². The van der Waals surface area contributed by atoms with Crippen LogP contribution in [0.2, 0.25) is 0 Å². The van der Waals surface area contributed by atoms with Crippen molar-refractivity contribution in [1.82, 2.24) is 4.98 Å². The minimum absolute atomic E-state index is 0.0215. The molecule has 0 fully saturated rings. The fourth-order valence-corrected chi connectivity index (χ4v) is 2.68. The van der Waals surface area contributed by atoms with Crippen LogP contribution in [0.4, 0.5) is 5.13 Å². The van der Waals surface area contributed by atoms with Crippen molar-refractivity contribution in [3.05, 3.63) is 40.4 Å². The summed E-state index contributed by atoms with van der Waals surface area (Å²) in [7, 11) is 1.29. The Labute approximate surface area is 160 Å². The van der Waals surface area contributed by atoms with Gasteiger partial charge in [0, 0.05) is 5.38 Å². The van der Waals surface area contributed by atoms with Crippen LogP contribution in [0.3, 0.4) is 0 Å². The number of nitrogens with zero attached hydrogens (tertiary/aromatic N) is 1. The molecule has 0 aliphatic carbocycles. The molecule has 0 saturated carbocycles. The van der Waals surface area contributed by atoms with E-state index in [1.807, 2.05) is 26.0 Å². The molecule has 9 heteroatoms. The standard InChI is InChI=1S/C18H20N2O6S/c1-11-4-5-14(6-12(11)2)25-9-17(23)26-8-15(21)20-18-19-13(10-27-18)7-16(22)24-3/h4-6,10H,7-9H2,1-3H3,(H,19,20,21). The Morgan fingerprint density at radius 3 is 2.59 bits per heavy atom. The molecule has 0 spiro atoms. The summed E-state index contributed by atoms with van der Waals surface area (Å²) in [6.45, 7) is 3.17. The number of thiazole rings is 1. The van der Waals surface area contributed by atoms with E-state index in [1.54, 1.807) is 11.4 Å². The lowest BCUT2D eigenvalue weighted by molar-refractivity contribution is -0.149. The number of amides is 1. The molecule has 144 valence electrons. The summed E-state index contributed by atoms with van der Waals surface area (Å²) in [5.74, 6) is -1.06. The van der Waals surface area contributed by atoms with Crippen LogP contribution in [0.15, 0.2) is 23.6 Å². The molecule has 0 unspecified atom stereocenters. The number of benzene rings is 1. The lowest BCUT2D eigenvalue weighted by Crippen LogP contribution is -2.23. The minimum atomic E-state index is -0.658. The predicted molar refractivity (Wildman–Crippen MR) is 98.8 cm³/mol. The number of aryl methyl sites for hydroxylation is 2. The van der Waals surface area contributed by atoms with E-state index in [-0.39, 0.29) is 13.0 Å². The number of hydrogen-bond acceptors (Lipinski definition) is 8. The molecule has 2 aromatic rings. The van der Waals surface area contributed by atoms with Gasteiger partial charge in [-0.2, -0.15) is 0 Å². The molecule has 27 heavy (non-hydrogen) atoms. The lowest BCUT2D eigenvalue weighted by atomic mass is 10.1. The molecular weight excluding hydrogens is 372 g/mol. The van der Waals surface area contributed by atoms with Gasteiger partial charge in [0.05, 0.1) is 19.2 Å². The lowest BCUT2D eigenvalue weighted by Gasteiger charge is -2.08. The number of esters is 2. The third-order valence-electron chi connectivity index (χ3n) is 3.55. The van der Waals surface area contributed by atoms with Gasteiger partial charge in [-0.05, 0) is 37.1 Å². The van der Waals surface area contributed by atoms with Gasteiger partial charge < -0.3 is 14.2 Å². The highest BCUT2D eigenvalue weighted by Crippen LogP contribution is 2.17. The Bertz CT molecular complexity index is 833. The Kier molecular flexibility index (Phi) is 7.30. The van der Waals surface area contributed by atoms with E-state index in [0.29, 0.717) is 16.6 Å². The first-order chi connectivity index (χ1) is 12.9. The van der Waals surface area contributed by atoms with Crippen molar-refractivity contribution in [1.29, 1.82) is 0 Å². The predicted octanol–water partition coefficient (Wildman–Crippen LogP) is 2.04. The zero-order chi connectivity index (χ0) is 19.8. The molecule has 1 aromatic carbocycles. The molecule has 0 radical (unpaired) electrons. The van der Waals surface area contributed by atoms with E-state index in [1.165, 1.54) is 7.11 Å². The van der Waals surface area contributed by atoms with Crippen molar-refractivity contribution in [3.63, 3.8) is 0 Å². The van der Waals surface area contributed by atoms with Gasteiger partial charge in [-0.1, -0.05) is 6.07 Å². The molecule has 1 N–H and O–H groups in total. The SMILES string of the molecule is COC(=O)Cc1csc(NC(=O)COC(=O)COc2ccc(C)c(C)c2)n1. The van der Waals surface area contributed by atoms with E-state index < -0.39 is 24.5 Å². The fourth-order valence-electron chi connectivity index (χ4n) is 1.95. The number of nitrogens with one attached hydrogen (secondary N) is 1. The number of hydrogen-bond donors (Lipinski definition) is 1.